The summed E-state index contributed by atoms with van der Waals surface area (Å²) in [5, 5.41) is 8.96. The van der Waals surface area contributed by atoms with Crippen molar-refractivity contribution in [2.24, 2.45) is 0 Å². The molecule has 1 aromatic rings. The maximum absolute atomic E-state index is 12.5. The van der Waals surface area contributed by atoms with Crippen molar-refractivity contribution >= 4 is 44.5 Å². The van der Waals surface area contributed by atoms with Gasteiger partial charge in [-0.25, -0.2) is 18.6 Å². The molecule has 0 aliphatic carbocycles. The lowest BCUT2D eigenvalue weighted by Crippen LogP contribution is -2.09. The number of hydrogen-bond donors (Lipinski definition) is 1. The Morgan fingerprint density at radius 1 is 1.67 bits per heavy atom. The number of carboxylic acids is 1. The first-order chi connectivity index (χ1) is 6.99. The van der Waals surface area contributed by atoms with Gasteiger partial charge in [0.1, 0.15) is 0 Å². The number of carboxylic acid groups (broad SMARTS) is 1. The smallest absolute Gasteiger partial charge is 0.354 e. The fourth-order valence-corrected chi connectivity index (χ4v) is 2.90. The Labute approximate surface area is 106 Å². The predicted octanol–water partition coefficient (Wildman–Crippen LogP) is 3.22. The van der Waals surface area contributed by atoms with Gasteiger partial charge >= 0.3 is 5.97 Å². The highest BCUT2D eigenvalue weighted by Gasteiger charge is 2.20. The van der Waals surface area contributed by atoms with Crippen LogP contribution in [0.5, 0.6) is 0 Å². The minimum atomic E-state index is -2.65. The van der Waals surface area contributed by atoms with Gasteiger partial charge in [-0.3, -0.25) is 0 Å². The second kappa shape index (κ2) is 5.15. The van der Waals surface area contributed by atoms with Crippen molar-refractivity contribution in [1.82, 2.24) is 4.98 Å². The molecule has 0 spiro atoms. The maximum atomic E-state index is 12.5. The molecule has 7 heteroatoms. The van der Waals surface area contributed by atoms with Crippen molar-refractivity contribution in [1.29, 1.82) is 0 Å². The van der Waals surface area contributed by atoms with Crippen LogP contribution in [-0.4, -0.2) is 16.1 Å². The van der Waals surface area contributed by atoms with Crippen LogP contribution in [0.3, 0.4) is 0 Å². The number of hydrogen-bond acceptors (Lipinski definition) is 2. The second-order valence-electron chi connectivity index (χ2n) is 2.59. The van der Waals surface area contributed by atoms with Crippen molar-refractivity contribution < 1.29 is 18.7 Å². The summed E-state index contributed by atoms with van der Waals surface area (Å²) in [5.74, 6) is -1.22. The quantitative estimate of drug-likeness (QED) is 0.635. The summed E-state index contributed by atoms with van der Waals surface area (Å²) in [5.41, 5.74) is -0.156. The molecule has 1 aromatic heterocycles. The minimum absolute atomic E-state index is 0.181. The van der Waals surface area contributed by atoms with Gasteiger partial charge in [0, 0.05) is 26.2 Å². The van der Waals surface area contributed by atoms with E-state index >= 15 is 0 Å². The third-order valence-electron chi connectivity index (χ3n) is 1.71. The molecule has 0 saturated heterocycles. The minimum Gasteiger partial charge on any atom is -0.477 e. The molecule has 0 aliphatic rings. The molecular weight excluding hydrogens is 387 g/mol. The number of rotatable bonds is 3. The number of aromatic carboxylic acids is 1. The van der Waals surface area contributed by atoms with Crippen LogP contribution in [0.1, 0.15) is 28.0 Å². The van der Waals surface area contributed by atoms with Gasteiger partial charge < -0.3 is 5.11 Å². The van der Waals surface area contributed by atoms with Crippen LogP contribution in [0.15, 0.2) is 6.20 Å². The fourth-order valence-electron chi connectivity index (χ4n) is 1.01. The standard InChI is InChI=1S/C8H5BrF2INO2/c9-1-3-5(12)4(7(10)11)2-13-6(3)8(14)15/h2,7H,1H2,(H,14,15). The molecule has 0 aliphatic heterocycles. The second-order valence-corrected chi connectivity index (χ2v) is 4.23. The molecule has 0 aromatic carbocycles. The molecule has 0 atom stereocenters. The van der Waals surface area contributed by atoms with Crippen LogP contribution in [0.25, 0.3) is 0 Å². The Hall–Kier alpha value is -0.310. The van der Waals surface area contributed by atoms with Crippen LogP contribution in [0, 0.1) is 3.57 Å². The molecule has 0 saturated carbocycles. The summed E-state index contributed by atoms with van der Waals surface area (Å²) in [7, 11) is 0. The van der Waals surface area contributed by atoms with E-state index in [2.05, 4.69) is 20.9 Å². The van der Waals surface area contributed by atoms with E-state index in [-0.39, 0.29) is 25.7 Å². The number of carbonyl (C=O) groups is 1. The lowest BCUT2D eigenvalue weighted by Gasteiger charge is -2.09. The van der Waals surface area contributed by atoms with E-state index in [1.807, 2.05) is 0 Å². The molecule has 0 amide bonds. The lowest BCUT2D eigenvalue weighted by molar-refractivity contribution is 0.0688. The van der Waals surface area contributed by atoms with Crippen LogP contribution in [-0.2, 0) is 5.33 Å². The van der Waals surface area contributed by atoms with Crippen molar-refractivity contribution in [2.75, 3.05) is 0 Å². The SMILES string of the molecule is O=C(O)c1ncc(C(F)F)c(I)c1CBr. The summed E-state index contributed by atoms with van der Waals surface area (Å²) >= 11 is 4.76. The number of aromatic nitrogens is 1. The largest absolute Gasteiger partial charge is 0.477 e. The number of alkyl halides is 3. The lowest BCUT2D eigenvalue weighted by atomic mass is 10.1. The van der Waals surface area contributed by atoms with E-state index in [1.165, 1.54) is 0 Å². The normalized spacial score (nSPS) is 10.7. The Bertz CT molecular complexity index is 400. The van der Waals surface area contributed by atoms with Crippen LogP contribution < -0.4 is 0 Å². The van der Waals surface area contributed by atoms with E-state index in [0.29, 0.717) is 0 Å². The van der Waals surface area contributed by atoms with Crippen molar-refractivity contribution in [3.05, 3.63) is 26.6 Å². The highest BCUT2D eigenvalue weighted by atomic mass is 127. The van der Waals surface area contributed by atoms with Crippen molar-refractivity contribution in [3.8, 4) is 0 Å². The van der Waals surface area contributed by atoms with Gasteiger partial charge in [-0.05, 0) is 22.6 Å². The molecule has 0 bridgehead atoms. The van der Waals surface area contributed by atoms with Gasteiger partial charge in [0.2, 0.25) is 0 Å². The first-order valence-electron chi connectivity index (χ1n) is 3.73. The number of halogens is 4. The molecule has 82 valence electrons. The molecule has 0 radical (unpaired) electrons. The Balaban J connectivity index is 3.39. The molecule has 3 nitrogen and oxygen atoms in total. The average molecular weight is 392 g/mol. The average Bonchev–Trinajstić information content (AvgIpc) is 2.16. The molecule has 15 heavy (non-hydrogen) atoms. The summed E-state index contributed by atoms with van der Waals surface area (Å²) in [4.78, 5) is 14.3. The zero-order valence-corrected chi connectivity index (χ0v) is 10.9. The van der Waals surface area contributed by atoms with E-state index in [1.54, 1.807) is 22.6 Å². The topological polar surface area (TPSA) is 50.2 Å². The third-order valence-corrected chi connectivity index (χ3v) is 3.54. The van der Waals surface area contributed by atoms with E-state index in [9.17, 15) is 13.6 Å². The zero-order chi connectivity index (χ0) is 11.6. The molecule has 0 fully saturated rings. The van der Waals surface area contributed by atoms with Gasteiger partial charge in [0.15, 0.2) is 5.69 Å². The first-order valence-corrected chi connectivity index (χ1v) is 5.93. The van der Waals surface area contributed by atoms with Gasteiger partial charge in [-0.1, -0.05) is 15.9 Å². The molecule has 1 heterocycles. The zero-order valence-electron chi connectivity index (χ0n) is 7.18. The molecular formula is C8H5BrF2INO2. The van der Waals surface area contributed by atoms with Crippen molar-refractivity contribution in [3.63, 3.8) is 0 Å². The summed E-state index contributed by atoms with van der Waals surface area (Å²) in [6, 6.07) is 0. The Morgan fingerprint density at radius 3 is 2.67 bits per heavy atom. The molecule has 1 rings (SSSR count). The summed E-state index contributed by atoms with van der Waals surface area (Å²) in [6.07, 6.45) is -1.74. The van der Waals surface area contributed by atoms with E-state index < -0.39 is 12.4 Å². The fraction of sp³-hybridized carbons (Fsp3) is 0.250. The molecule has 0 unspecified atom stereocenters. The van der Waals surface area contributed by atoms with Gasteiger partial charge in [-0.2, -0.15) is 0 Å². The maximum Gasteiger partial charge on any atom is 0.354 e. The van der Waals surface area contributed by atoms with Crippen LogP contribution in [0.2, 0.25) is 0 Å². The predicted molar refractivity (Wildman–Crippen MR) is 61.5 cm³/mol. The third kappa shape index (κ3) is 2.63. The van der Waals surface area contributed by atoms with Crippen molar-refractivity contribution in [2.45, 2.75) is 11.8 Å². The number of nitrogens with zero attached hydrogens (tertiary/aromatic N) is 1. The first kappa shape index (κ1) is 12.8. The Kier molecular flexibility index (Phi) is 4.38. The van der Waals surface area contributed by atoms with Crippen LogP contribution in [0.4, 0.5) is 8.78 Å². The highest BCUT2D eigenvalue weighted by molar-refractivity contribution is 14.1. The number of pyridine rings is 1. The highest BCUT2D eigenvalue weighted by Crippen LogP contribution is 2.28. The van der Waals surface area contributed by atoms with Gasteiger partial charge in [0.05, 0.1) is 0 Å². The van der Waals surface area contributed by atoms with E-state index in [4.69, 9.17) is 5.11 Å². The molecule has 1 N–H and O–H groups in total. The van der Waals surface area contributed by atoms with Gasteiger partial charge in [0.25, 0.3) is 6.43 Å². The monoisotopic (exact) mass is 391 g/mol. The van der Waals surface area contributed by atoms with E-state index in [0.717, 1.165) is 6.20 Å². The summed E-state index contributed by atoms with van der Waals surface area (Å²) in [6.45, 7) is 0. The summed E-state index contributed by atoms with van der Waals surface area (Å²) < 4.78 is 25.2. The van der Waals surface area contributed by atoms with Gasteiger partial charge in [-0.15, -0.1) is 0 Å². The Morgan fingerprint density at radius 2 is 2.27 bits per heavy atom. The van der Waals surface area contributed by atoms with Crippen LogP contribution >= 0.6 is 38.5 Å².